The summed E-state index contributed by atoms with van der Waals surface area (Å²) < 4.78 is 0.581. The molecule has 0 fully saturated rings. The number of rotatable bonds is 4. The van der Waals surface area contributed by atoms with Crippen molar-refractivity contribution in [1.29, 1.82) is 0 Å². The predicted molar refractivity (Wildman–Crippen MR) is 37.5 cm³/mol. The SMILES string of the molecule is O=[CH][Fe]([CH]=O)([CH]=O)[C]1=CC=C1. The van der Waals surface area contributed by atoms with Crippen LogP contribution in [0.1, 0.15) is 0 Å². The first kappa shape index (κ1) is 8.11. The van der Waals surface area contributed by atoms with Crippen molar-refractivity contribution in [3.63, 3.8) is 0 Å². The maximum atomic E-state index is 10.4. The minimum atomic E-state index is -2.86. The van der Waals surface area contributed by atoms with E-state index in [1.54, 1.807) is 18.2 Å². The Morgan fingerprint density at radius 1 is 1.09 bits per heavy atom. The van der Waals surface area contributed by atoms with Gasteiger partial charge in [0.1, 0.15) is 0 Å². The van der Waals surface area contributed by atoms with E-state index in [-0.39, 0.29) is 0 Å². The van der Waals surface area contributed by atoms with Crippen LogP contribution in [0.25, 0.3) is 0 Å². The van der Waals surface area contributed by atoms with E-state index in [0.717, 1.165) is 0 Å². The third-order valence-electron chi connectivity index (χ3n) is 1.27. The fourth-order valence-electron chi connectivity index (χ4n) is 0.572. The molecule has 4 heteroatoms. The van der Waals surface area contributed by atoms with E-state index in [1.807, 2.05) is 0 Å². The molecule has 0 aliphatic heterocycles. The third kappa shape index (κ3) is 1.11. The molecule has 0 saturated carbocycles. The van der Waals surface area contributed by atoms with Crippen LogP contribution in [-0.2, 0) is 27.2 Å². The van der Waals surface area contributed by atoms with Crippen LogP contribution in [0.15, 0.2) is 22.7 Å². The van der Waals surface area contributed by atoms with Gasteiger partial charge in [0.25, 0.3) is 0 Å². The monoisotopic (exact) mass is 194 g/mol. The number of hydrogen-bond acceptors (Lipinski definition) is 3. The van der Waals surface area contributed by atoms with Crippen LogP contribution in [0.3, 0.4) is 0 Å². The molecule has 0 N–H and O–H groups in total. The molecule has 0 unspecified atom stereocenters. The fraction of sp³-hybridized carbons (Fsp3) is 0. The number of hydrogen-bond donors (Lipinski definition) is 0. The molecular formula is C7H6FeO3. The molecule has 1 aliphatic rings. The van der Waals surface area contributed by atoms with Crippen molar-refractivity contribution in [2.24, 2.45) is 0 Å². The van der Waals surface area contributed by atoms with Crippen molar-refractivity contribution in [2.75, 3.05) is 0 Å². The summed E-state index contributed by atoms with van der Waals surface area (Å²) in [6, 6.07) is 0. The van der Waals surface area contributed by atoms with Gasteiger partial charge in [0.15, 0.2) is 0 Å². The second-order valence-electron chi connectivity index (χ2n) is 1.81. The molecule has 0 bridgehead atoms. The first-order valence-electron chi connectivity index (χ1n) is 2.74. The van der Waals surface area contributed by atoms with E-state index in [2.05, 4.69) is 0 Å². The van der Waals surface area contributed by atoms with Crippen LogP contribution in [-0.4, -0.2) is 15.6 Å². The Bertz CT molecular complexity index is 243. The summed E-state index contributed by atoms with van der Waals surface area (Å²) in [6.45, 7) is 0. The van der Waals surface area contributed by atoms with Gasteiger partial charge in [-0.25, -0.2) is 0 Å². The zero-order valence-electron chi connectivity index (χ0n) is 5.54. The molecule has 0 spiro atoms. The quantitative estimate of drug-likeness (QED) is 0.473. The molecule has 3 nitrogen and oxygen atoms in total. The second kappa shape index (κ2) is 2.94. The molecule has 0 atom stereocenters. The molecule has 0 heterocycles. The zero-order valence-corrected chi connectivity index (χ0v) is 6.65. The molecule has 0 amide bonds. The molecule has 11 heavy (non-hydrogen) atoms. The topological polar surface area (TPSA) is 51.2 Å². The molecule has 1 aliphatic carbocycles. The Labute approximate surface area is 66.0 Å². The van der Waals surface area contributed by atoms with E-state index in [4.69, 9.17) is 0 Å². The summed E-state index contributed by atoms with van der Waals surface area (Å²) in [6.07, 6.45) is 4.94. The Kier molecular flexibility index (Phi) is 2.17. The van der Waals surface area contributed by atoms with Crippen LogP contribution in [0.5, 0.6) is 0 Å². The minimum absolute atomic E-state index is 0.475. The first-order valence-corrected chi connectivity index (χ1v) is 5.20. The average molecular weight is 194 g/mol. The molecule has 0 radical (unpaired) electrons. The van der Waals surface area contributed by atoms with Crippen molar-refractivity contribution in [1.82, 2.24) is 0 Å². The van der Waals surface area contributed by atoms with Crippen LogP contribution in [0.4, 0.5) is 0 Å². The number of allylic oxidation sites excluding steroid dienone is 4. The fourth-order valence-corrected chi connectivity index (χ4v) is 2.06. The van der Waals surface area contributed by atoms with Crippen LogP contribution >= 0.6 is 0 Å². The molecule has 1 rings (SSSR count). The van der Waals surface area contributed by atoms with E-state index < -0.39 is 12.8 Å². The summed E-state index contributed by atoms with van der Waals surface area (Å²) in [5.41, 5.74) is 0. The van der Waals surface area contributed by atoms with Crippen molar-refractivity contribution >= 4 is 15.6 Å². The molecule has 0 aromatic carbocycles. The van der Waals surface area contributed by atoms with Crippen molar-refractivity contribution in [3.8, 4) is 0 Å². The Morgan fingerprint density at radius 3 is 1.64 bits per heavy atom. The molecule has 0 aromatic rings. The molecular weight excluding hydrogens is 188 g/mol. The van der Waals surface area contributed by atoms with Gasteiger partial charge in [-0.2, -0.15) is 0 Å². The Hall–Kier alpha value is -0.991. The van der Waals surface area contributed by atoms with Gasteiger partial charge in [-0.1, -0.05) is 0 Å². The second-order valence-corrected chi connectivity index (χ2v) is 5.29. The summed E-state index contributed by atoms with van der Waals surface area (Å²) >= 11 is -2.86. The van der Waals surface area contributed by atoms with Gasteiger partial charge in [0.2, 0.25) is 0 Å². The summed E-state index contributed by atoms with van der Waals surface area (Å²) in [5.74, 6) is 0. The van der Waals surface area contributed by atoms with Crippen molar-refractivity contribution in [2.45, 2.75) is 0 Å². The first-order chi connectivity index (χ1) is 5.29. The van der Waals surface area contributed by atoms with Gasteiger partial charge in [-0.05, 0) is 0 Å². The Morgan fingerprint density at radius 2 is 1.55 bits per heavy atom. The summed E-state index contributed by atoms with van der Waals surface area (Å²) in [7, 11) is 0. The number of carbonyl (C=O) groups excluding carboxylic acids is 3. The molecule has 0 saturated heterocycles. The van der Waals surface area contributed by atoms with Crippen LogP contribution in [0, 0.1) is 0 Å². The third-order valence-corrected chi connectivity index (χ3v) is 4.03. The van der Waals surface area contributed by atoms with E-state index in [1.165, 1.54) is 0 Å². The van der Waals surface area contributed by atoms with E-state index in [9.17, 15) is 14.4 Å². The average Bonchev–Trinajstić information content (AvgIpc) is 1.97. The van der Waals surface area contributed by atoms with Crippen molar-refractivity contribution < 1.29 is 27.2 Å². The summed E-state index contributed by atoms with van der Waals surface area (Å²) in [4.78, 5) is 31.3. The van der Waals surface area contributed by atoms with Gasteiger partial charge in [-0.15, -0.1) is 0 Å². The van der Waals surface area contributed by atoms with Gasteiger partial charge in [0.05, 0.1) is 0 Å². The van der Waals surface area contributed by atoms with Crippen LogP contribution in [0.2, 0.25) is 0 Å². The predicted octanol–water partition coefficient (Wildman–Crippen LogP) is 0.165. The van der Waals surface area contributed by atoms with Gasteiger partial charge < -0.3 is 0 Å². The zero-order chi connectivity index (χ0) is 8.32. The van der Waals surface area contributed by atoms with E-state index >= 15 is 0 Å². The van der Waals surface area contributed by atoms with Gasteiger partial charge in [-0.3, -0.25) is 0 Å². The maximum absolute atomic E-state index is 10.4. The standard InChI is InChI=1S/C4H3.3CHO.Fe/c1-2-4-3-1;3*1-2;/h1-3H;3*1H;. The normalized spacial score (nSPS) is 16.2. The van der Waals surface area contributed by atoms with Crippen LogP contribution < -0.4 is 0 Å². The summed E-state index contributed by atoms with van der Waals surface area (Å²) in [5, 5.41) is 1.42. The van der Waals surface area contributed by atoms with E-state index in [0.29, 0.717) is 20.0 Å². The molecule has 0 aromatic heterocycles. The Balaban J connectivity index is 2.97. The molecule has 60 valence electrons. The number of carbonyl (C=O) groups is 3. The van der Waals surface area contributed by atoms with Gasteiger partial charge >= 0.3 is 65.5 Å². The van der Waals surface area contributed by atoms with Gasteiger partial charge in [0, 0.05) is 0 Å². The van der Waals surface area contributed by atoms with Crippen molar-refractivity contribution in [3.05, 3.63) is 22.7 Å².